The summed E-state index contributed by atoms with van der Waals surface area (Å²) in [5, 5.41) is 11.8. The van der Waals surface area contributed by atoms with Gasteiger partial charge in [-0.3, -0.25) is 4.79 Å². The van der Waals surface area contributed by atoms with Gasteiger partial charge in [-0.25, -0.2) is 4.79 Å². The van der Waals surface area contributed by atoms with Gasteiger partial charge < -0.3 is 10.4 Å². The average Bonchev–Trinajstić information content (AvgIpc) is 2.40. The summed E-state index contributed by atoms with van der Waals surface area (Å²) in [5.74, 6) is -1.31. The number of aromatic carboxylic acids is 1. The summed E-state index contributed by atoms with van der Waals surface area (Å²) in [4.78, 5) is 23.3. The van der Waals surface area contributed by atoms with Crippen molar-refractivity contribution in [2.24, 2.45) is 0 Å². The minimum absolute atomic E-state index is 0.105. The van der Waals surface area contributed by atoms with Gasteiger partial charge in [0.05, 0.1) is 5.56 Å². The van der Waals surface area contributed by atoms with Crippen LogP contribution in [0.3, 0.4) is 0 Å². The van der Waals surface area contributed by atoms with Gasteiger partial charge in [-0.2, -0.15) is 0 Å². The molecule has 0 radical (unpaired) electrons. The van der Waals surface area contributed by atoms with Gasteiger partial charge in [-0.05, 0) is 59.6 Å². The third-order valence-electron chi connectivity index (χ3n) is 3.08. The number of carbonyl (C=O) groups is 2. The molecular formula is C16H14BrNO3. The normalized spacial score (nSPS) is 10.2. The van der Waals surface area contributed by atoms with Crippen LogP contribution >= 0.6 is 15.9 Å². The van der Waals surface area contributed by atoms with Crippen LogP contribution in [0.4, 0.5) is 5.69 Å². The maximum atomic E-state index is 12.2. The van der Waals surface area contributed by atoms with Crippen molar-refractivity contribution in [2.75, 3.05) is 5.32 Å². The first-order valence-corrected chi connectivity index (χ1v) is 7.09. The number of anilines is 1. The minimum atomic E-state index is -1.05. The number of rotatable bonds is 3. The van der Waals surface area contributed by atoms with E-state index in [2.05, 4.69) is 21.2 Å². The molecule has 2 aromatic carbocycles. The van der Waals surface area contributed by atoms with Crippen LogP contribution in [-0.4, -0.2) is 17.0 Å². The quantitative estimate of drug-likeness (QED) is 0.881. The summed E-state index contributed by atoms with van der Waals surface area (Å²) < 4.78 is 0.472. The van der Waals surface area contributed by atoms with E-state index >= 15 is 0 Å². The molecule has 0 spiro atoms. The number of amides is 1. The Kier molecular flexibility index (Phi) is 4.43. The zero-order chi connectivity index (χ0) is 15.6. The van der Waals surface area contributed by atoms with Crippen LogP contribution in [0.1, 0.15) is 31.8 Å². The number of carboxylic acid groups (broad SMARTS) is 1. The van der Waals surface area contributed by atoms with E-state index in [1.807, 2.05) is 26.0 Å². The predicted molar refractivity (Wildman–Crippen MR) is 85.0 cm³/mol. The number of nitrogens with one attached hydrogen (secondary N) is 1. The first kappa shape index (κ1) is 15.3. The van der Waals surface area contributed by atoms with E-state index in [1.165, 1.54) is 6.07 Å². The zero-order valence-electron chi connectivity index (χ0n) is 11.6. The van der Waals surface area contributed by atoms with Crippen LogP contribution in [-0.2, 0) is 0 Å². The molecule has 1 amide bonds. The standard InChI is InChI=1S/C16H14BrNO3/c1-9-3-5-12(10(2)7-9)15(19)18-11-4-6-14(17)13(8-11)16(20)21/h3-8H,1-2H3,(H,18,19)(H,20,21). The number of aryl methyl sites for hydroxylation is 2. The van der Waals surface area contributed by atoms with Crippen LogP contribution in [0.25, 0.3) is 0 Å². The summed E-state index contributed by atoms with van der Waals surface area (Å²) in [7, 11) is 0. The lowest BCUT2D eigenvalue weighted by atomic mass is 10.1. The van der Waals surface area contributed by atoms with Crippen LogP contribution in [0, 0.1) is 13.8 Å². The maximum absolute atomic E-state index is 12.2. The Labute approximate surface area is 130 Å². The van der Waals surface area contributed by atoms with Crippen molar-refractivity contribution in [3.8, 4) is 0 Å². The van der Waals surface area contributed by atoms with E-state index in [0.717, 1.165) is 11.1 Å². The first-order valence-electron chi connectivity index (χ1n) is 6.30. The van der Waals surface area contributed by atoms with Gasteiger partial charge >= 0.3 is 5.97 Å². The fourth-order valence-corrected chi connectivity index (χ4v) is 2.45. The van der Waals surface area contributed by atoms with Crippen LogP contribution in [0.2, 0.25) is 0 Å². The lowest BCUT2D eigenvalue weighted by Gasteiger charge is -2.09. The third-order valence-corrected chi connectivity index (χ3v) is 3.77. The molecule has 5 heteroatoms. The molecule has 0 bridgehead atoms. The van der Waals surface area contributed by atoms with Gasteiger partial charge in [0.15, 0.2) is 0 Å². The topological polar surface area (TPSA) is 66.4 Å². The SMILES string of the molecule is Cc1ccc(C(=O)Nc2ccc(Br)c(C(=O)O)c2)c(C)c1. The number of hydrogen-bond donors (Lipinski definition) is 2. The van der Waals surface area contributed by atoms with Gasteiger partial charge in [0.2, 0.25) is 0 Å². The second kappa shape index (κ2) is 6.10. The van der Waals surface area contributed by atoms with Gasteiger partial charge in [-0.1, -0.05) is 17.7 Å². The molecule has 0 atom stereocenters. The molecule has 21 heavy (non-hydrogen) atoms. The largest absolute Gasteiger partial charge is 0.478 e. The van der Waals surface area contributed by atoms with Gasteiger partial charge in [0.1, 0.15) is 0 Å². The van der Waals surface area contributed by atoms with Crippen molar-refractivity contribution < 1.29 is 14.7 Å². The first-order chi connectivity index (χ1) is 9.88. The number of halogens is 1. The average molecular weight is 348 g/mol. The summed E-state index contributed by atoms with van der Waals surface area (Å²) in [5.41, 5.74) is 3.08. The summed E-state index contributed by atoms with van der Waals surface area (Å²) in [6, 6.07) is 10.2. The number of carboxylic acids is 1. The molecule has 0 aliphatic heterocycles. The summed E-state index contributed by atoms with van der Waals surface area (Å²) in [6.45, 7) is 3.83. The molecule has 0 saturated carbocycles. The van der Waals surface area contributed by atoms with Gasteiger partial charge in [0, 0.05) is 15.7 Å². The van der Waals surface area contributed by atoms with Crippen LogP contribution in [0.15, 0.2) is 40.9 Å². The van der Waals surface area contributed by atoms with Crippen LogP contribution in [0.5, 0.6) is 0 Å². The molecule has 0 saturated heterocycles. The van der Waals surface area contributed by atoms with Crippen molar-refractivity contribution in [1.29, 1.82) is 0 Å². The second-order valence-electron chi connectivity index (χ2n) is 4.77. The predicted octanol–water partition coefficient (Wildman–Crippen LogP) is 4.02. The Balaban J connectivity index is 2.27. The number of hydrogen-bond acceptors (Lipinski definition) is 2. The molecule has 2 rings (SSSR count). The molecule has 108 valence electrons. The van der Waals surface area contributed by atoms with E-state index in [4.69, 9.17) is 5.11 Å². The van der Waals surface area contributed by atoms with Crippen molar-refractivity contribution in [3.63, 3.8) is 0 Å². The number of benzene rings is 2. The molecule has 2 aromatic rings. The molecule has 4 nitrogen and oxygen atoms in total. The lowest BCUT2D eigenvalue weighted by Crippen LogP contribution is -2.14. The molecule has 0 aliphatic carbocycles. The maximum Gasteiger partial charge on any atom is 0.336 e. The molecule has 2 N–H and O–H groups in total. The van der Waals surface area contributed by atoms with Gasteiger partial charge in [0.25, 0.3) is 5.91 Å². The highest BCUT2D eigenvalue weighted by Crippen LogP contribution is 2.22. The fourth-order valence-electron chi connectivity index (χ4n) is 2.03. The Hall–Kier alpha value is -2.14. The third kappa shape index (κ3) is 3.49. The Morgan fingerprint density at radius 3 is 2.38 bits per heavy atom. The van der Waals surface area contributed by atoms with Crippen molar-refractivity contribution in [1.82, 2.24) is 0 Å². The van der Waals surface area contributed by atoms with E-state index < -0.39 is 5.97 Å². The summed E-state index contributed by atoms with van der Waals surface area (Å²) >= 11 is 3.17. The highest BCUT2D eigenvalue weighted by molar-refractivity contribution is 9.10. The van der Waals surface area contributed by atoms with E-state index in [1.54, 1.807) is 18.2 Å². The highest BCUT2D eigenvalue weighted by atomic mass is 79.9. The monoisotopic (exact) mass is 347 g/mol. The number of carbonyl (C=O) groups excluding carboxylic acids is 1. The fraction of sp³-hybridized carbons (Fsp3) is 0.125. The summed E-state index contributed by atoms with van der Waals surface area (Å²) in [6.07, 6.45) is 0. The minimum Gasteiger partial charge on any atom is -0.478 e. The van der Waals surface area contributed by atoms with Crippen molar-refractivity contribution in [2.45, 2.75) is 13.8 Å². The van der Waals surface area contributed by atoms with E-state index in [-0.39, 0.29) is 11.5 Å². The molecule has 0 unspecified atom stereocenters. The lowest BCUT2D eigenvalue weighted by molar-refractivity contribution is 0.0695. The molecular weight excluding hydrogens is 334 g/mol. The highest BCUT2D eigenvalue weighted by Gasteiger charge is 2.12. The molecule has 0 aliphatic rings. The van der Waals surface area contributed by atoms with E-state index in [0.29, 0.717) is 15.7 Å². The molecule has 0 fully saturated rings. The van der Waals surface area contributed by atoms with Gasteiger partial charge in [-0.15, -0.1) is 0 Å². The van der Waals surface area contributed by atoms with Crippen molar-refractivity contribution in [3.05, 3.63) is 63.1 Å². The Morgan fingerprint density at radius 2 is 1.76 bits per heavy atom. The molecule has 0 aromatic heterocycles. The smallest absolute Gasteiger partial charge is 0.336 e. The Morgan fingerprint density at radius 1 is 1.05 bits per heavy atom. The van der Waals surface area contributed by atoms with Crippen molar-refractivity contribution >= 4 is 33.5 Å². The Bertz CT molecular complexity index is 725. The molecule has 0 heterocycles. The van der Waals surface area contributed by atoms with E-state index in [9.17, 15) is 9.59 Å². The zero-order valence-corrected chi connectivity index (χ0v) is 13.2. The van der Waals surface area contributed by atoms with Crippen LogP contribution < -0.4 is 5.32 Å². The second-order valence-corrected chi connectivity index (χ2v) is 5.63.